The van der Waals surface area contributed by atoms with E-state index in [1.807, 2.05) is 20.8 Å². The van der Waals surface area contributed by atoms with E-state index in [1.54, 1.807) is 13.1 Å². The highest BCUT2D eigenvalue weighted by Crippen LogP contribution is 2.43. The molecule has 180 valence electrons. The number of nitrogens with one attached hydrogen (secondary N) is 1. The van der Waals surface area contributed by atoms with Crippen LogP contribution in [0.4, 0.5) is 30.7 Å². The molecule has 2 aromatic carbocycles. The van der Waals surface area contributed by atoms with E-state index in [-0.39, 0.29) is 16.8 Å². The summed E-state index contributed by atoms with van der Waals surface area (Å²) in [6, 6.07) is 5.45. The van der Waals surface area contributed by atoms with Crippen molar-refractivity contribution in [3.63, 3.8) is 0 Å². The summed E-state index contributed by atoms with van der Waals surface area (Å²) in [5.41, 5.74) is -4.15. The van der Waals surface area contributed by atoms with Gasteiger partial charge >= 0.3 is 12.4 Å². The Balaban J connectivity index is 2.00. The van der Waals surface area contributed by atoms with Crippen molar-refractivity contribution in [1.29, 1.82) is 0 Å². The summed E-state index contributed by atoms with van der Waals surface area (Å²) < 4.78 is 98.2. The molecular formula is C23H19F7N4. The first-order valence-corrected chi connectivity index (χ1v) is 10.1. The predicted molar refractivity (Wildman–Crippen MR) is 112 cm³/mol. The van der Waals surface area contributed by atoms with Crippen LogP contribution in [0.25, 0.3) is 33.7 Å². The van der Waals surface area contributed by atoms with Gasteiger partial charge < -0.3 is 4.98 Å². The molecule has 1 N–H and O–H groups in total. The smallest absolute Gasteiger partial charge is 0.337 e. The van der Waals surface area contributed by atoms with Gasteiger partial charge in [-0.3, -0.25) is 4.68 Å². The van der Waals surface area contributed by atoms with Crippen LogP contribution in [0.1, 0.15) is 37.6 Å². The van der Waals surface area contributed by atoms with Gasteiger partial charge in [0.05, 0.1) is 22.3 Å². The van der Waals surface area contributed by atoms with Crippen molar-refractivity contribution in [2.75, 3.05) is 0 Å². The van der Waals surface area contributed by atoms with Crippen molar-refractivity contribution < 1.29 is 30.7 Å². The minimum Gasteiger partial charge on any atom is -0.337 e. The molecule has 0 aliphatic heterocycles. The number of imidazole rings is 1. The Labute approximate surface area is 189 Å². The fourth-order valence-corrected chi connectivity index (χ4v) is 3.71. The molecule has 0 amide bonds. The normalized spacial score (nSPS) is 13.1. The van der Waals surface area contributed by atoms with Crippen LogP contribution in [0.15, 0.2) is 36.4 Å². The lowest BCUT2D eigenvalue weighted by molar-refractivity contribution is -0.137. The van der Waals surface area contributed by atoms with Gasteiger partial charge in [0.1, 0.15) is 17.0 Å². The van der Waals surface area contributed by atoms with E-state index in [1.165, 1.54) is 4.68 Å². The van der Waals surface area contributed by atoms with E-state index in [0.717, 1.165) is 18.2 Å². The number of alkyl halides is 6. The SMILES string of the molecule is Cn1nc(C(C)(C)C)cc1-c1nc2c(C(F)(F)F)cc(-c3c(F)cccc3C(F)(F)F)cc2[nH]1. The lowest BCUT2D eigenvalue weighted by atomic mass is 9.92. The highest BCUT2D eigenvalue weighted by Gasteiger charge is 2.38. The predicted octanol–water partition coefficient (Wildman–Crippen LogP) is 7.10. The number of hydrogen-bond donors (Lipinski definition) is 1. The lowest BCUT2D eigenvalue weighted by Gasteiger charge is -2.15. The Morgan fingerprint density at radius 2 is 1.53 bits per heavy atom. The fraction of sp³-hybridized carbons (Fsp3) is 0.304. The molecule has 4 nitrogen and oxygen atoms in total. The van der Waals surface area contributed by atoms with Crippen LogP contribution in [0.3, 0.4) is 0 Å². The largest absolute Gasteiger partial charge is 0.418 e. The maximum absolute atomic E-state index is 14.5. The molecule has 0 saturated heterocycles. The fourth-order valence-electron chi connectivity index (χ4n) is 3.71. The Morgan fingerprint density at radius 1 is 0.882 bits per heavy atom. The molecule has 0 bridgehead atoms. The summed E-state index contributed by atoms with van der Waals surface area (Å²) in [4.78, 5) is 6.82. The van der Waals surface area contributed by atoms with Gasteiger partial charge in [0.25, 0.3) is 0 Å². The van der Waals surface area contributed by atoms with Crippen molar-refractivity contribution in [3.05, 3.63) is 59.0 Å². The Bertz CT molecular complexity index is 1390. The second kappa shape index (κ2) is 7.57. The number of H-pyrrole nitrogens is 1. The summed E-state index contributed by atoms with van der Waals surface area (Å²) in [7, 11) is 1.60. The minimum absolute atomic E-state index is 0.0488. The van der Waals surface area contributed by atoms with Crippen LogP contribution in [0.2, 0.25) is 0 Å². The first-order chi connectivity index (χ1) is 15.6. The molecule has 2 heterocycles. The van der Waals surface area contributed by atoms with Gasteiger partial charge in [-0.15, -0.1) is 0 Å². The van der Waals surface area contributed by atoms with Crippen LogP contribution >= 0.6 is 0 Å². The lowest BCUT2D eigenvalue weighted by Crippen LogP contribution is -2.12. The highest BCUT2D eigenvalue weighted by atomic mass is 19.4. The van der Waals surface area contributed by atoms with Crippen molar-refractivity contribution in [3.8, 4) is 22.6 Å². The number of aryl methyl sites for hydroxylation is 1. The molecule has 34 heavy (non-hydrogen) atoms. The number of halogens is 7. The maximum atomic E-state index is 14.5. The summed E-state index contributed by atoms with van der Waals surface area (Å²) in [5.74, 6) is -1.24. The monoisotopic (exact) mass is 484 g/mol. The number of rotatable bonds is 2. The van der Waals surface area contributed by atoms with Crippen LogP contribution in [-0.2, 0) is 24.8 Å². The Kier molecular flexibility index (Phi) is 5.30. The van der Waals surface area contributed by atoms with Crippen molar-refractivity contribution in [2.45, 2.75) is 38.5 Å². The van der Waals surface area contributed by atoms with Crippen LogP contribution in [0, 0.1) is 5.82 Å². The zero-order valence-electron chi connectivity index (χ0n) is 18.5. The third kappa shape index (κ3) is 4.14. The third-order valence-corrected chi connectivity index (χ3v) is 5.39. The first-order valence-electron chi connectivity index (χ1n) is 10.1. The quantitative estimate of drug-likeness (QED) is 0.309. The second-order valence-electron chi connectivity index (χ2n) is 8.95. The van der Waals surface area contributed by atoms with Gasteiger partial charge in [-0.1, -0.05) is 26.8 Å². The number of aromatic amines is 1. The molecule has 0 saturated carbocycles. The van der Waals surface area contributed by atoms with Gasteiger partial charge in [0.2, 0.25) is 0 Å². The summed E-state index contributed by atoms with van der Waals surface area (Å²) in [6.45, 7) is 5.75. The van der Waals surface area contributed by atoms with Crippen LogP contribution in [-0.4, -0.2) is 19.7 Å². The standard InChI is InChI=1S/C23H19F7N4/c1-21(2,3)17-10-16(34(4)33-17)20-31-15-9-11(8-13(19(15)32-20)23(28,29)30)18-12(22(25,26)27)6-5-7-14(18)24/h5-10H,1-4H3,(H,31,32). The molecule has 11 heteroatoms. The average Bonchev–Trinajstić information content (AvgIpc) is 3.28. The van der Waals surface area contributed by atoms with Crippen molar-refractivity contribution in [1.82, 2.24) is 19.7 Å². The summed E-state index contributed by atoms with van der Waals surface area (Å²) in [6.07, 6.45) is -9.92. The maximum Gasteiger partial charge on any atom is 0.418 e. The molecule has 4 rings (SSSR count). The van der Waals surface area contributed by atoms with Crippen molar-refractivity contribution in [2.24, 2.45) is 7.05 Å². The van der Waals surface area contributed by atoms with E-state index < -0.39 is 45.9 Å². The molecule has 2 aromatic heterocycles. The van der Waals surface area contributed by atoms with Crippen molar-refractivity contribution >= 4 is 11.0 Å². The third-order valence-electron chi connectivity index (χ3n) is 5.39. The van der Waals surface area contributed by atoms with Gasteiger partial charge in [0, 0.05) is 18.0 Å². The number of benzene rings is 2. The zero-order chi connectivity index (χ0) is 25.2. The second-order valence-corrected chi connectivity index (χ2v) is 8.95. The van der Waals surface area contributed by atoms with E-state index in [0.29, 0.717) is 23.5 Å². The van der Waals surface area contributed by atoms with Gasteiger partial charge in [0.15, 0.2) is 5.82 Å². The topological polar surface area (TPSA) is 46.5 Å². The zero-order valence-corrected chi connectivity index (χ0v) is 18.5. The molecule has 4 aromatic rings. The molecule has 0 radical (unpaired) electrons. The number of fused-ring (bicyclic) bond motifs is 1. The number of nitrogens with zero attached hydrogens (tertiary/aromatic N) is 3. The highest BCUT2D eigenvalue weighted by molar-refractivity contribution is 5.88. The molecule has 0 aliphatic rings. The molecule has 0 atom stereocenters. The summed E-state index contributed by atoms with van der Waals surface area (Å²) >= 11 is 0. The Hall–Kier alpha value is -3.37. The molecule has 0 aliphatic carbocycles. The van der Waals surface area contributed by atoms with E-state index in [4.69, 9.17) is 0 Å². The Morgan fingerprint density at radius 3 is 2.09 bits per heavy atom. The molecule has 0 unspecified atom stereocenters. The van der Waals surface area contributed by atoms with E-state index >= 15 is 0 Å². The van der Waals surface area contributed by atoms with Gasteiger partial charge in [-0.05, 0) is 35.9 Å². The van der Waals surface area contributed by atoms with Crippen LogP contribution in [0.5, 0.6) is 0 Å². The number of aromatic nitrogens is 4. The van der Waals surface area contributed by atoms with Gasteiger partial charge in [-0.2, -0.15) is 31.4 Å². The first kappa shape index (κ1) is 23.8. The number of hydrogen-bond acceptors (Lipinski definition) is 2. The van der Waals surface area contributed by atoms with Gasteiger partial charge in [-0.25, -0.2) is 9.37 Å². The van der Waals surface area contributed by atoms with E-state index in [9.17, 15) is 30.7 Å². The molecular weight excluding hydrogens is 465 g/mol. The average molecular weight is 484 g/mol. The van der Waals surface area contributed by atoms with E-state index in [2.05, 4.69) is 15.1 Å². The minimum atomic E-state index is -4.97. The summed E-state index contributed by atoms with van der Waals surface area (Å²) in [5, 5.41) is 4.37. The van der Waals surface area contributed by atoms with Crippen LogP contribution < -0.4 is 0 Å². The molecule has 0 fully saturated rings. The molecule has 0 spiro atoms.